The molecule has 0 bridgehead atoms. The summed E-state index contributed by atoms with van der Waals surface area (Å²) in [6.07, 6.45) is -6.83. The zero-order valence-corrected chi connectivity index (χ0v) is 42.0. The van der Waals surface area contributed by atoms with Crippen LogP contribution in [0.25, 0.3) is 21.5 Å². The van der Waals surface area contributed by atoms with E-state index in [0.717, 1.165) is 101 Å². The van der Waals surface area contributed by atoms with Gasteiger partial charge >= 0.3 is 12.4 Å². The number of hydrogen-bond acceptors (Lipinski definition) is 2. The summed E-state index contributed by atoms with van der Waals surface area (Å²) in [5, 5.41) is 3.62. The molecule has 0 saturated carbocycles. The van der Waals surface area contributed by atoms with Crippen LogP contribution in [-0.2, 0) is 16.2 Å². The van der Waals surface area contributed by atoms with Crippen molar-refractivity contribution in [1.82, 2.24) is 0 Å². The van der Waals surface area contributed by atoms with Gasteiger partial charge in [-0.15, -0.1) is 0 Å². The summed E-state index contributed by atoms with van der Waals surface area (Å²) in [6.45, 7) is 17.8. The van der Waals surface area contributed by atoms with Crippen molar-refractivity contribution in [3.05, 3.63) is 204 Å². The molecule has 0 aliphatic heterocycles. The Balaban J connectivity index is 1.26. The van der Waals surface area contributed by atoms with Crippen LogP contribution < -0.4 is 9.80 Å². The zero-order valence-electron chi connectivity index (χ0n) is 42.0. The SMILES string of the molecule is CCC(C)(CC)c1ccc(N(c2ccc(C(c3ccc(N(c4ccc(C(C)(CC)C(C)(CC)CC)cc4)c4cccc5ccccc45)cc3)(C(F)(F)F)C(F)(F)F)cc2)c2cccc3ccccc23)cc1. The molecule has 1 unspecified atom stereocenters. The Morgan fingerprint density at radius 1 is 0.338 bits per heavy atom. The fourth-order valence-corrected chi connectivity index (χ4v) is 11.0. The summed E-state index contributed by atoms with van der Waals surface area (Å²) in [6, 6.07) is 52.9. The summed E-state index contributed by atoms with van der Waals surface area (Å²) >= 11 is 0. The van der Waals surface area contributed by atoms with E-state index < -0.39 is 28.9 Å². The van der Waals surface area contributed by atoms with Crippen LogP contribution in [0.3, 0.4) is 0 Å². The monoisotopic (exact) mass is 962 g/mol. The summed E-state index contributed by atoms with van der Waals surface area (Å²) < 4.78 is 95.5. The van der Waals surface area contributed by atoms with Gasteiger partial charge in [0, 0.05) is 33.5 Å². The second-order valence-electron chi connectivity index (χ2n) is 19.8. The molecule has 8 heteroatoms. The van der Waals surface area contributed by atoms with Gasteiger partial charge in [-0.25, -0.2) is 0 Å². The summed E-state index contributed by atoms with van der Waals surface area (Å²) in [4.78, 5) is 3.81. The Bertz CT molecular complexity index is 3050. The van der Waals surface area contributed by atoms with Gasteiger partial charge in [0.2, 0.25) is 5.41 Å². The third kappa shape index (κ3) is 8.76. The number of anilines is 6. The number of hydrogen-bond donors (Lipinski definition) is 0. The topological polar surface area (TPSA) is 6.48 Å². The first kappa shape index (κ1) is 50.8. The number of halogens is 6. The molecule has 0 fully saturated rings. The van der Waals surface area contributed by atoms with Crippen molar-refractivity contribution in [2.24, 2.45) is 5.41 Å². The Labute approximate surface area is 416 Å². The van der Waals surface area contributed by atoms with Crippen molar-refractivity contribution in [3.63, 3.8) is 0 Å². The highest BCUT2D eigenvalue weighted by Crippen LogP contribution is 2.57. The van der Waals surface area contributed by atoms with Crippen molar-refractivity contribution in [2.75, 3.05) is 9.80 Å². The van der Waals surface area contributed by atoms with Crippen molar-refractivity contribution in [3.8, 4) is 0 Å². The Kier molecular flexibility index (Phi) is 14.0. The van der Waals surface area contributed by atoms with E-state index in [4.69, 9.17) is 0 Å². The highest BCUT2D eigenvalue weighted by molar-refractivity contribution is 6.00. The molecule has 8 aromatic rings. The minimum absolute atomic E-state index is 0.0199. The van der Waals surface area contributed by atoms with Crippen molar-refractivity contribution in [1.29, 1.82) is 0 Å². The molecule has 0 N–H and O–H groups in total. The van der Waals surface area contributed by atoms with Gasteiger partial charge < -0.3 is 9.80 Å². The molecular weight excluding hydrogens is 899 g/mol. The molecular formula is C63H64F6N2. The first-order chi connectivity index (χ1) is 33.8. The van der Waals surface area contributed by atoms with E-state index in [9.17, 15) is 0 Å². The maximum absolute atomic E-state index is 15.9. The van der Waals surface area contributed by atoms with E-state index in [0.29, 0.717) is 17.1 Å². The predicted octanol–water partition coefficient (Wildman–Crippen LogP) is 19.9. The predicted molar refractivity (Wildman–Crippen MR) is 284 cm³/mol. The fourth-order valence-electron chi connectivity index (χ4n) is 11.0. The average Bonchev–Trinajstić information content (AvgIpc) is 3.38. The van der Waals surface area contributed by atoms with Crippen LogP contribution in [0.1, 0.15) is 110 Å². The molecule has 0 amide bonds. The molecule has 0 heterocycles. The Morgan fingerprint density at radius 2 is 0.662 bits per heavy atom. The highest BCUT2D eigenvalue weighted by atomic mass is 19.4. The zero-order chi connectivity index (χ0) is 51.0. The first-order valence-electron chi connectivity index (χ1n) is 25.0. The van der Waals surface area contributed by atoms with Gasteiger partial charge in [0.15, 0.2) is 0 Å². The Morgan fingerprint density at radius 3 is 0.986 bits per heavy atom. The van der Waals surface area contributed by atoms with Gasteiger partial charge in [-0.1, -0.05) is 177 Å². The normalized spacial score (nSPS) is 13.6. The average molecular weight is 963 g/mol. The molecule has 368 valence electrons. The van der Waals surface area contributed by atoms with Crippen molar-refractivity contribution >= 4 is 55.7 Å². The summed E-state index contributed by atoms with van der Waals surface area (Å²) in [5.74, 6) is 0. The lowest BCUT2D eigenvalue weighted by Crippen LogP contribution is -2.54. The van der Waals surface area contributed by atoms with E-state index in [1.165, 1.54) is 29.8 Å². The van der Waals surface area contributed by atoms with Crippen molar-refractivity contribution < 1.29 is 26.3 Å². The smallest absolute Gasteiger partial charge is 0.310 e. The fraction of sp³-hybridized carbons (Fsp3) is 0.302. The molecule has 71 heavy (non-hydrogen) atoms. The van der Waals surface area contributed by atoms with Crippen LogP contribution in [0.4, 0.5) is 60.5 Å². The van der Waals surface area contributed by atoms with E-state index in [2.05, 4.69) is 79.7 Å². The molecule has 1 atom stereocenters. The van der Waals surface area contributed by atoms with Gasteiger partial charge in [0.1, 0.15) is 0 Å². The van der Waals surface area contributed by atoms with Gasteiger partial charge in [-0.05, 0) is 142 Å². The molecule has 0 saturated heterocycles. The van der Waals surface area contributed by atoms with E-state index in [-0.39, 0.29) is 16.2 Å². The van der Waals surface area contributed by atoms with Gasteiger partial charge in [-0.2, -0.15) is 26.3 Å². The standard InChI is InChI=1S/C63H64F6N2/c1-9-58(6,10-2)46-28-36-50(37-29-46)70(56-26-18-22-44-20-14-16-24-54(44)56)52-40-32-48(33-41-52)61(62(64,65)66,63(67,68)69)49-34-42-53(43-35-49)71(57-27-19-23-45-21-15-17-25-55(45)57)51-38-30-47(31-39-51)60(8,13-5)59(7,11-3)12-4/h14-43H,9-13H2,1-8H3. The maximum Gasteiger partial charge on any atom is 0.411 e. The third-order valence-electron chi connectivity index (χ3n) is 16.7. The number of fused-ring (bicyclic) bond motifs is 2. The lowest BCUT2D eigenvalue weighted by molar-refractivity contribution is -0.288. The molecule has 0 aromatic heterocycles. The lowest BCUT2D eigenvalue weighted by Gasteiger charge is -2.46. The third-order valence-corrected chi connectivity index (χ3v) is 16.7. The van der Waals surface area contributed by atoms with Gasteiger partial charge in [0.05, 0.1) is 11.4 Å². The molecule has 2 nitrogen and oxygen atoms in total. The lowest BCUT2D eigenvalue weighted by atomic mass is 9.58. The van der Waals surface area contributed by atoms with E-state index in [1.54, 1.807) is 0 Å². The van der Waals surface area contributed by atoms with Crippen LogP contribution in [0, 0.1) is 5.41 Å². The van der Waals surface area contributed by atoms with Crippen LogP contribution in [0.2, 0.25) is 0 Å². The Hall–Kier alpha value is -6.54. The van der Waals surface area contributed by atoms with Crippen LogP contribution in [0.15, 0.2) is 182 Å². The number of benzene rings is 8. The second-order valence-corrected chi connectivity index (χ2v) is 19.8. The molecule has 0 radical (unpaired) electrons. The van der Waals surface area contributed by atoms with E-state index >= 15 is 26.3 Å². The molecule has 8 rings (SSSR count). The number of rotatable bonds is 16. The molecule has 8 aromatic carbocycles. The van der Waals surface area contributed by atoms with Crippen LogP contribution in [-0.4, -0.2) is 12.4 Å². The van der Waals surface area contributed by atoms with Crippen LogP contribution >= 0.6 is 0 Å². The molecule has 0 aliphatic rings. The maximum atomic E-state index is 15.9. The summed E-state index contributed by atoms with van der Waals surface area (Å²) in [5.41, 5.74) is -0.408. The summed E-state index contributed by atoms with van der Waals surface area (Å²) in [7, 11) is 0. The molecule has 0 spiro atoms. The largest absolute Gasteiger partial charge is 0.411 e. The minimum atomic E-state index is -5.78. The van der Waals surface area contributed by atoms with Crippen LogP contribution in [0.5, 0.6) is 0 Å². The first-order valence-corrected chi connectivity index (χ1v) is 25.0. The van der Waals surface area contributed by atoms with Gasteiger partial charge in [0.25, 0.3) is 0 Å². The quantitative estimate of drug-likeness (QED) is 0.0891. The highest BCUT2D eigenvalue weighted by Gasteiger charge is 2.72. The van der Waals surface area contributed by atoms with Crippen molar-refractivity contribution in [2.45, 2.75) is 116 Å². The number of alkyl halides is 6. The second kappa shape index (κ2) is 19.6. The van der Waals surface area contributed by atoms with E-state index in [1.807, 2.05) is 119 Å². The molecule has 0 aliphatic carbocycles. The minimum Gasteiger partial charge on any atom is -0.310 e. The van der Waals surface area contributed by atoms with Gasteiger partial charge in [-0.3, -0.25) is 0 Å². The number of nitrogens with zero attached hydrogens (tertiary/aromatic N) is 2.